The smallest absolute Gasteiger partial charge is 0.270 e. The molecule has 0 aromatic carbocycles. The Morgan fingerprint density at radius 3 is 2.57 bits per heavy atom. The third-order valence-electron chi connectivity index (χ3n) is 3.59. The van der Waals surface area contributed by atoms with Crippen molar-refractivity contribution in [3.05, 3.63) is 22.4 Å². The first-order valence-electron chi connectivity index (χ1n) is 6.92. The van der Waals surface area contributed by atoms with E-state index in [4.69, 9.17) is 0 Å². The molecule has 21 heavy (non-hydrogen) atoms. The Bertz CT molecular complexity index is 619. The Labute approximate surface area is 133 Å². The molecule has 0 radical (unpaired) electrons. The number of piperidine rings is 1. The van der Waals surface area contributed by atoms with Gasteiger partial charge in [0.05, 0.1) is 6.26 Å². The van der Waals surface area contributed by atoms with E-state index in [-0.39, 0.29) is 11.9 Å². The second kappa shape index (κ2) is 6.50. The molecule has 1 aliphatic rings. The summed E-state index contributed by atoms with van der Waals surface area (Å²) in [6.45, 7) is 3.86. The zero-order chi connectivity index (χ0) is 15.6. The zero-order valence-electron chi connectivity index (χ0n) is 12.2. The van der Waals surface area contributed by atoms with Crippen molar-refractivity contribution in [3.63, 3.8) is 0 Å². The Morgan fingerprint density at radius 2 is 2.05 bits per heavy atom. The van der Waals surface area contributed by atoms with Crippen molar-refractivity contribution in [2.45, 2.75) is 32.4 Å². The quantitative estimate of drug-likeness (QED) is 0.862. The fraction of sp³-hybridized carbons (Fsp3) is 0.615. The second-order valence-corrected chi connectivity index (χ2v) is 7.98. The minimum Gasteiger partial charge on any atom is -0.343 e. The SMILES string of the molecule is CCn1cc(Br)cc1C(=O)N1CCC(NS(C)(=O)=O)CC1. The van der Waals surface area contributed by atoms with Crippen LogP contribution in [0.1, 0.15) is 30.3 Å². The van der Waals surface area contributed by atoms with Gasteiger partial charge in [-0.25, -0.2) is 13.1 Å². The van der Waals surface area contributed by atoms with Crippen LogP contribution < -0.4 is 4.72 Å². The fourth-order valence-corrected chi connectivity index (χ4v) is 3.89. The highest BCUT2D eigenvalue weighted by molar-refractivity contribution is 9.10. The number of aromatic nitrogens is 1. The molecule has 118 valence electrons. The number of nitrogens with zero attached hydrogens (tertiary/aromatic N) is 2. The topological polar surface area (TPSA) is 71.4 Å². The maximum Gasteiger partial charge on any atom is 0.270 e. The van der Waals surface area contributed by atoms with Crippen molar-refractivity contribution in [2.24, 2.45) is 0 Å². The van der Waals surface area contributed by atoms with Gasteiger partial charge >= 0.3 is 0 Å². The standard InChI is InChI=1S/C13H20BrN3O3S/c1-3-16-9-10(14)8-12(16)13(18)17-6-4-11(5-7-17)15-21(2,19)20/h8-9,11,15H,3-7H2,1-2H3. The van der Waals surface area contributed by atoms with E-state index in [1.54, 1.807) is 4.90 Å². The largest absolute Gasteiger partial charge is 0.343 e. The molecule has 6 nitrogen and oxygen atoms in total. The lowest BCUT2D eigenvalue weighted by Gasteiger charge is -2.32. The average molecular weight is 378 g/mol. The van der Waals surface area contributed by atoms with Gasteiger partial charge in [0.25, 0.3) is 5.91 Å². The Kier molecular flexibility index (Phi) is 5.11. The van der Waals surface area contributed by atoms with Crippen LogP contribution in [0, 0.1) is 0 Å². The van der Waals surface area contributed by atoms with Crippen LogP contribution in [0.15, 0.2) is 16.7 Å². The second-order valence-electron chi connectivity index (χ2n) is 5.29. The predicted octanol–water partition coefficient (Wildman–Crippen LogP) is 1.42. The highest BCUT2D eigenvalue weighted by atomic mass is 79.9. The molecule has 0 unspecified atom stereocenters. The first-order valence-corrected chi connectivity index (χ1v) is 9.61. The average Bonchev–Trinajstić information content (AvgIpc) is 2.78. The van der Waals surface area contributed by atoms with E-state index < -0.39 is 10.0 Å². The number of aryl methyl sites for hydroxylation is 1. The van der Waals surface area contributed by atoms with Gasteiger partial charge in [-0.05, 0) is 41.8 Å². The molecule has 1 aliphatic heterocycles. The molecule has 8 heteroatoms. The van der Waals surface area contributed by atoms with E-state index in [1.807, 2.05) is 23.8 Å². The molecule has 0 spiro atoms. The van der Waals surface area contributed by atoms with E-state index in [1.165, 1.54) is 0 Å². The molecular weight excluding hydrogens is 358 g/mol. The van der Waals surface area contributed by atoms with Gasteiger partial charge in [-0.3, -0.25) is 4.79 Å². The van der Waals surface area contributed by atoms with Gasteiger partial charge in [-0.1, -0.05) is 0 Å². The lowest BCUT2D eigenvalue weighted by molar-refractivity contribution is 0.0700. The van der Waals surface area contributed by atoms with Gasteiger partial charge in [0.2, 0.25) is 10.0 Å². The fourth-order valence-electron chi connectivity index (χ4n) is 2.58. The van der Waals surface area contributed by atoms with E-state index in [9.17, 15) is 13.2 Å². The van der Waals surface area contributed by atoms with Crippen LogP contribution in [-0.2, 0) is 16.6 Å². The van der Waals surface area contributed by atoms with Crippen LogP contribution in [0.25, 0.3) is 0 Å². The van der Waals surface area contributed by atoms with Crippen molar-refractivity contribution in [1.82, 2.24) is 14.2 Å². The summed E-state index contributed by atoms with van der Waals surface area (Å²) in [5, 5.41) is 0. The molecule has 1 N–H and O–H groups in total. The number of hydrogen-bond donors (Lipinski definition) is 1. The van der Waals surface area contributed by atoms with Crippen LogP contribution in [-0.4, -0.2) is 49.2 Å². The molecule has 2 rings (SSSR count). The first-order chi connectivity index (χ1) is 9.80. The molecule has 1 fully saturated rings. The Morgan fingerprint density at radius 1 is 1.43 bits per heavy atom. The van der Waals surface area contributed by atoms with Gasteiger partial charge in [-0.15, -0.1) is 0 Å². The lowest BCUT2D eigenvalue weighted by atomic mass is 10.1. The van der Waals surface area contributed by atoms with E-state index in [2.05, 4.69) is 20.7 Å². The number of nitrogens with one attached hydrogen (secondary N) is 1. The van der Waals surface area contributed by atoms with Crippen molar-refractivity contribution in [3.8, 4) is 0 Å². The number of carbonyl (C=O) groups is 1. The van der Waals surface area contributed by atoms with Gasteiger partial charge < -0.3 is 9.47 Å². The van der Waals surface area contributed by atoms with Crippen LogP contribution >= 0.6 is 15.9 Å². The molecule has 1 aromatic rings. The molecule has 0 bridgehead atoms. The maximum absolute atomic E-state index is 12.5. The first kappa shape index (κ1) is 16.5. The molecule has 1 saturated heterocycles. The summed E-state index contributed by atoms with van der Waals surface area (Å²) in [6, 6.07) is 1.75. The summed E-state index contributed by atoms with van der Waals surface area (Å²) in [4.78, 5) is 14.3. The number of hydrogen-bond acceptors (Lipinski definition) is 3. The Hall–Kier alpha value is -0.860. The number of carbonyl (C=O) groups excluding carboxylic acids is 1. The molecule has 0 atom stereocenters. The van der Waals surface area contributed by atoms with Crippen molar-refractivity contribution in [1.29, 1.82) is 0 Å². The highest BCUT2D eigenvalue weighted by Crippen LogP contribution is 2.19. The van der Waals surface area contributed by atoms with Gasteiger partial charge in [-0.2, -0.15) is 0 Å². The third-order valence-corrected chi connectivity index (χ3v) is 4.78. The van der Waals surface area contributed by atoms with Gasteiger partial charge in [0, 0.05) is 36.3 Å². The van der Waals surface area contributed by atoms with Gasteiger partial charge in [0.15, 0.2) is 0 Å². The molecular formula is C13H20BrN3O3S. The third kappa shape index (κ3) is 4.31. The summed E-state index contributed by atoms with van der Waals surface area (Å²) in [7, 11) is -3.18. The summed E-state index contributed by atoms with van der Waals surface area (Å²) in [5.41, 5.74) is 0.666. The number of halogens is 1. The zero-order valence-corrected chi connectivity index (χ0v) is 14.6. The predicted molar refractivity (Wildman–Crippen MR) is 84.7 cm³/mol. The molecule has 2 heterocycles. The summed E-state index contributed by atoms with van der Waals surface area (Å²) < 4.78 is 27.9. The van der Waals surface area contributed by atoms with Crippen molar-refractivity contribution >= 4 is 31.9 Å². The summed E-state index contributed by atoms with van der Waals surface area (Å²) in [5.74, 6) is 0.000329. The highest BCUT2D eigenvalue weighted by Gasteiger charge is 2.26. The number of sulfonamides is 1. The van der Waals surface area contributed by atoms with Crippen molar-refractivity contribution < 1.29 is 13.2 Å². The number of rotatable bonds is 4. The molecule has 1 aromatic heterocycles. The Balaban J connectivity index is 2.00. The minimum absolute atomic E-state index is 0.000329. The molecule has 0 aliphatic carbocycles. The van der Waals surface area contributed by atoms with Gasteiger partial charge in [0.1, 0.15) is 5.69 Å². The minimum atomic E-state index is -3.18. The lowest BCUT2D eigenvalue weighted by Crippen LogP contribution is -2.46. The molecule has 1 amide bonds. The molecule has 0 saturated carbocycles. The van der Waals surface area contributed by atoms with Crippen LogP contribution in [0.5, 0.6) is 0 Å². The monoisotopic (exact) mass is 377 g/mol. The van der Waals surface area contributed by atoms with E-state index in [0.29, 0.717) is 31.6 Å². The van der Waals surface area contributed by atoms with Crippen molar-refractivity contribution in [2.75, 3.05) is 19.3 Å². The van der Waals surface area contributed by atoms with Crippen LogP contribution in [0.4, 0.5) is 0 Å². The summed E-state index contributed by atoms with van der Waals surface area (Å²) in [6.07, 6.45) is 4.35. The van der Waals surface area contributed by atoms with E-state index >= 15 is 0 Å². The van der Waals surface area contributed by atoms with Crippen LogP contribution in [0.2, 0.25) is 0 Å². The summed E-state index contributed by atoms with van der Waals surface area (Å²) >= 11 is 3.39. The number of likely N-dealkylation sites (tertiary alicyclic amines) is 1. The van der Waals surface area contributed by atoms with Crippen LogP contribution in [0.3, 0.4) is 0 Å². The van der Waals surface area contributed by atoms with E-state index in [0.717, 1.165) is 17.3 Å². The normalized spacial score (nSPS) is 17.2. The number of amides is 1. The maximum atomic E-state index is 12.5.